The number of carbonyl (C=O) groups is 1. The first kappa shape index (κ1) is 20.6. The highest BCUT2D eigenvalue weighted by molar-refractivity contribution is 5.81. The summed E-state index contributed by atoms with van der Waals surface area (Å²) >= 11 is 0. The van der Waals surface area contributed by atoms with Crippen LogP contribution in [-0.4, -0.2) is 30.8 Å². The van der Waals surface area contributed by atoms with Crippen molar-refractivity contribution in [3.63, 3.8) is 0 Å². The summed E-state index contributed by atoms with van der Waals surface area (Å²) in [5, 5.41) is 9.56. The van der Waals surface area contributed by atoms with Crippen molar-refractivity contribution in [1.29, 1.82) is 0 Å². The summed E-state index contributed by atoms with van der Waals surface area (Å²) in [7, 11) is 0. The summed E-state index contributed by atoms with van der Waals surface area (Å²) in [5.41, 5.74) is 6.26. The van der Waals surface area contributed by atoms with Crippen LogP contribution in [0.1, 0.15) is 45.7 Å². The van der Waals surface area contributed by atoms with Crippen LogP contribution in [0, 0.1) is 12.3 Å². The molecule has 0 aliphatic carbocycles. The van der Waals surface area contributed by atoms with Gasteiger partial charge in [0.2, 0.25) is 0 Å². The third kappa shape index (κ3) is 5.78. The molecule has 4 heteroatoms. The fourth-order valence-corrected chi connectivity index (χ4v) is 1.85. The number of aryl methyl sites for hydroxylation is 1. The Balaban J connectivity index is 0.00000211. The van der Waals surface area contributed by atoms with Gasteiger partial charge in [0, 0.05) is 5.41 Å². The van der Waals surface area contributed by atoms with E-state index in [-0.39, 0.29) is 12.0 Å². The van der Waals surface area contributed by atoms with E-state index in [1.165, 1.54) is 0 Å². The van der Waals surface area contributed by atoms with Crippen LogP contribution in [0.3, 0.4) is 0 Å². The van der Waals surface area contributed by atoms with Crippen LogP contribution in [0.4, 0.5) is 0 Å². The minimum atomic E-state index is -1.04. The normalized spacial score (nSPS) is 13.8. The number of carboxylic acid groups (broad SMARTS) is 1. The molecule has 0 bridgehead atoms. The molecule has 1 aromatic rings. The Morgan fingerprint density at radius 2 is 1.82 bits per heavy atom. The van der Waals surface area contributed by atoms with Gasteiger partial charge in [-0.3, -0.25) is 4.79 Å². The van der Waals surface area contributed by atoms with E-state index >= 15 is 0 Å². The number of ether oxygens (including phenoxy) is 1. The van der Waals surface area contributed by atoms with Crippen molar-refractivity contribution in [1.82, 2.24) is 0 Å². The van der Waals surface area contributed by atoms with Crippen LogP contribution >= 0.6 is 0 Å². The van der Waals surface area contributed by atoms with Crippen LogP contribution in [0.25, 0.3) is 0 Å². The van der Waals surface area contributed by atoms with Gasteiger partial charge in [-0.1, -0.05) is 57.5 Å². The summed E-state index contributed by atoms with van der Waals surface area (Å²) in [5.74, 6) is -0.881. The van der Waals surface area contributed by atoms with Gasteiger partial charge in [0.1, 0.15) is 5.41 Å². The van der Waals surface area contributed by atoms with E-state index in [1.54, 1.807) is 6.92 Å². The Labute approximate surface area is 134 Å². The smallest absolute Gasteiger partial charge is 0.316 e. The van der Waals surface area contributed by atoms with Crippen molar-refractivity contribution in [2.24, 2.45) is 11.1 Å². The quantitative estimate of drug-likeness (QED) is 0.810. The molecule has 22 heavy (non-hydrogen) atoms. The third-order valence-corrected chi connectivity index (χ3v) is 3.56. The average Bonchev–Trinajstić information content (AvgIpc) is 2.48. The average molecular weight is 309 g/mol. The minimum Gasteiger partial charge on any atom is -0.481 e. The van der Waals surface area contributed by atoms with Gasteiger partial charge in [0.15, 0.2) is 0 Å². The van der Waals surface area contributed by atoms with Crippen molar-refractivity contribution in [2.75, 3.05) is 19.8 Å². The van der Waals surface area contributed by atoms with Crippen LogP contribution in [0.2, 0.25) is 0 Å². The molecule has 1 aromatic carbocycles. The number of carboxylic acids is 1. The molecule has 1 atom stereocenters. The van der Waals surface area contributed by atoms with Gasteiger partial charge in [-0.05, 0) is 26.0 Å². The molecule has 0 radical (unpaired) electrons. The van der Waals surface area contributed by atoms with Gasteiger partial charge in [-0.25, -0.2) is 0 Å². The number of hydrogen-bond acceptors (Lipinski definition) is 3. The Hall–Kier alpha value is -1.39. The van der Waals surface area contributed by atoms with Crippen LogP contribution in [0.5, 0.6) is 0 Å². The Morgan fingerprint density at radius 3 is 2.27 bits per heavy atom. The first-order valence-electron chi connectivity index (χ1n) is 7.80. The van der Waals surface area contributed by atoms with E-state index in [0.717, 1.165) is 11.1 Å². The maximum atomic E-state index is 11.7. The van der Waals surface area contributed by atoms with Crippen molar-refractivity contribution < 1.29 is 14.6 Å². The van der Waals surface area contributed by atoms with E-state index in [2.05, 4.69) is 0 Å². The van der Waals surface area contributed by atoms with Crippen LogP contribution in [-0.2, 0) is 14.9 Å². The molecule has 3 N–H and O–H groups in total. The van der Waals surface area contributed by atoms with Crippen molar-refractivity contribution >= 4 is 5.97 Å². The van der Waals surface area contributed by atoms with Crippen LogP contribution < -0.4 is 5.73 Å². The molecule has 126 valence electrons. The number of nitrogens with two attached hydrogens (primary N) is 1. The van der Waals surface area contributed by atoms with Gasteiger partial charge in [0.05, 0.1) is 13.2 Å². The highest BCUT2D eigenvalue weighted by atomic mass is 16.5. The highest BCUT2D eigenvalue weighted by Crippen LogP contribution is 2.26. The minimum absolute atomic E-state index is 0.134. The monoisotopic (exact) mass is 309 g/mol. The van der Waals surface area contributed by atoms with Gasteiger partial charge in [-0.2, -0.15) is 0 Å². The first-order valence-corrected chi connectivity index (χ1v) is 7.80. The Kier molecular flexibility index (Phi) is 8.35. The summed E-state index contributed by atoms with van der Waals surface area (Å²) < 4.78 is 5.65. The second-order valence-electron chi connectivity index (χ2n) is 6.37. The fourth-order valence-electron chi connectivity index (χ4n) is 1.85. The molecule has 0 aliphatic rings. The molecule has 0 amide bonds. The first-order chi connectivity index (χ1) is 10.2. The predicted molar refractivity (Wildman–Crippen MR) is 91.2 cm³/mol. The molecule has 0 heterocycles. The maximum Gasteiger partial charge on any atom is 0.316 e. The number of hydrogen-bond donors (Lipinski definition) is 2. The molecule has 1 unspecified atom stereocenters. The predicted octanol–water partition coefficient (Wildman–Crippen LogP) is 3.37. The standard InChI is InChI=1S/C16H25NO3.C2H6/c1-12-6-5-7-13(8-12)16(4,14(18)19)11-20-10-15(2,3)9-17;1-2/h5-8H,9-11,17H2,1-4H3,(H,18,19);1-2H3. The lowest BCUT2D eigenvalue weighted by Gasteiger charge is -2.28. The number of aliphatic carboxylic acids is 1. The van der Waals surface area contributed by atoms with Crippen molar-refractivity contribution in [2.45, 2.75) is 47.0 Å². The number of benzene rings is 1. The summed E-state index contributed by atoms with van der Waals surface area (Å²) in [6, 6.07) is 7.55. The number of rotatable bonds is 7. The SMILES string of the molecule is CC.Cc1cccc(C(C)(COCC(C)(C)CN)C(=O)O)c1. The van der Waals surface area contributed by atoms with E-state index in [9.17, 15) is 9.90 Å². The molecule has 0 aromatic heterocycles. The molecule has 4 nitrogen and oxygen atoms in total. The molecule has 0 aliphatic heterocycles. The summed E-state index contributed by atoms with van der Waals surface area (Å²) in [6.45, 7) is 12.7. The van der Waals surface area contributed by atoms with Gasteiger partial charge in [-0.15, -0.1) is 0 Å². The van der Waals surface area contributed by atoms with E-state index in [1.807, 2.05) is 58.9 Å². The maximum absolute atomic E-state index is 11.7. The molecule has 0 fully saturated rings. The lowest BCUT2D eigenvalue weighted by molar-refractivity contribution is -0.146. The zero-order valence-electron chi connectivity index (χ0n) is 14.8. The molecule has 0 saturated heterocycles. The fraction of sp³-hybridized carbons (Fsp3) is 0.611. The lowest BCUT2D eigenvalue weighted by atomic mass is 9.82. The molecule has 0 spiro atoms. The molecule has 1 rings (SSSR count). The van der Waals surface area contributed by atoms with E-state index in [0.29, 0.717) is 13.2 Å². The van der Waals surface area contributed by atoms with Crippen molar-refractivity contribution in [3.8, 4) is 0 Å². The summed E-state index contributed by atoms with van der Waals surface area (Å²) in [6.07, 6.45) is 0. The zero-order valence-corrected chi connectivity index (χ0v) is 14.8. The largest absolute Gasteiger partial charge is 0.481 e. The molecule has 0 saturated carbocycles. The van der Waals surface area contributed by atoms with Gasteiger partial charge in [0.25, 0.3) is 0 Å². The van der Waals surface area contributed by atoms with Gasteiger partial charge >= 0.3 is 5.97 Å². The zero-order chi connectivity index (χ0) is 17.4. The second kappa shape index (κ2) is 8.91. The third-order valence-electron chi connectivity index (χ3n) is 3.56. The van der Waals surface area contributed by atoms with Crippen molar-refractivity contribution in [3.05, 3.63) is 35.4 Å². The molecular formula is C18H31NO3. The van der Waals surface area contributed by atoms with E-state index < -0.39 is 11.4 Å². The van der Waals surface area contributed by atoms with Crippen LogP contribution in [0.15, 0.2) is 24.3 Å². The topological polar surface area (TPSA) is 72.5 Å². The Morgan fingerprint density at radius 1 is 1.23 bits per heavy atom. The van der Waals surface area contributed by atoms with E-state index in [4.69, 9.17) is 10.5 Å². The summed E-state index contributed by atoms with van der Waals surface area (Å²) in [4.78, 5) is 11.7. The molecular weight excluding hydrogens is 278 g/mol. The highest BCUT2D eigenvalue weighted by Gasteiger charge is 2.36. The van der Waals surface area contributed by atoms with Gasteiger partial charge < -0.3 is 15.6 Å². The lowest BCUT2D eigenvalue weighted by Crippen LogP contribution is -2.39. The Bertz CT molecular complexity index is 471. The second-order valence-corrected chi connectivity index (χ2v) is 6.37.